The van der Waals surface area contributed by atoms with Crippen LogP contribution < -0.4 is 5.32 Å². The van der Waals surface area contributed by atoms with Crippen LogP contribution in [-0.4, -0.2) is 35.7 Å². The summed E-state index contributed by atoms with van der Waals surface area (Å²) in [5.41, 5.74) is 2.13. The molecule has 5 fully saturated rings. The maximum atomic E-state index is 13.3. The number of urea groups is 1. The van der Waals surface area contributed by atoms with Crippen molar-refractivity contribution >= 4 is 29.2 Å². The van der Waals surface area contributed by atoms with Gasteiger partial charge in [-0.25, -0.2) is 4.79 Å². The lowest BCUT2D eigenvalue weighted by molar-refractivity contribution is -0.0162. The van der Waals surface area contributed by atoms with E-state index in [-0.39, 0.29) is 23.8 Å². The number of ether oxygens (including phenoxy) is 1. The summed E-state index contributed by atoms with van der Waals surface area (Å²) >= 11 is 12.3. The molecule has 4 saturated carbocycles. The van der Waals surface area contributed by atoms with E-state index in [1.807, 2.05) is 53.4 Å². The topological polar surface area (TPSA) is 41.6 Å². The van der Waals surface area contributed by atoms with Crippen LogP contribution in [0.2, 0.25) is 10.0 Å². The number of rotatable bonds is 5. The molecule has 180 valence electrons. The van der Waals surface area contributed by atoms with Crippen molar-refractivity contribution in [3.05, 3.63) is 69.7 Å². The van der Waals surface area contributed by atoms with E-state index in [1.165, 1.54) is 38.5 Å². The Morgan fingerprint density at radius 3 is 1.88 bits per heavy atom. The zero-order chi connectivity index (χ0) is 23.3. The number of nitrogens with one attached hydrogen (secondary N) is 1. The Labute approximate surface area is 211 Å². The molecule has 1 unspecified atom stereocenters. The van der Waals surface area contributed by atoms with Crippen LogP contribution in [-0.2, 0) is 4.74 Å². The highest BCUT2D eigenvalue weighted by Gasteiger charge is 2.52. The molecule has 7 rings (SSSR count). The molecule has 6 heteroatoms. The minimum absolute atomic E-state index is 0.0153. The third-order valence-electron chi connectivity index (χ3n) is 8.52. The summed E-state index contributed by atoms with van der Waals surface area (Å²) in [6.45, 7) is 1.35. The van der Waals surface area contributed by atoms with Crippen molar-refractivity contribution in [2.75, 3.05) is 13.1 Å². The Bertz CT molecular complexity index is 959. The molecule has 1 saturated heterocycles. The maximum Gasteiger partial charge on any atom is 0.317 e. The SMILES string of the molecule is O=C(NC12CC3CC(CC(C3)C1)C2)N1CCC(OC(c2ccc(Cl)cc2)c2ccc(Cl)cc2)C1. The average Bonchev–Trinajstić information content (AvgIpc) is 3.27. The molecule has 0 aromatic heterocycles. The molecule has 4 nitrogen and oxygen atoms in total. The third-order valence-corrected chi connectivity index (χ3v) is 9.02. The molecular formula is C28H32Cl2N2O2. The van der Waals surface area contributed by atoms with Gasteiger partial charge in [-0.3, -0.25) is 0 Å². The van der Waals surface area contributed by atoms with E-state index >= 15 is 0 Å². The van der Waals surface area contributed by atoms with E-state index in [2.05, 4.69) is 5.32 Å². The minimum atomic E-state index is -0.231. The summed E-state index contributed by atoms with van der Waals surface area (Å²) in [5, 5.41) is 4.92. The number of likely N-dealkylation sites (tertiary alicyclic amines) is 1. The molecule has 0 spiro atoms. The minimum Gasteiger partial charge on any atom is -0.364 e. The van der Waals surface area contributed by atoms with Gasteiger partial charge < -0.3 is 15.0 Å². The molecule has 1 atom stereocenters. The zero-order valence-corrected chi connectivity index (χ0v) is 20.9. The molecule has 4 aliphatic carbocycles. The highest BCUT2D eigenvalue weighted by atomic mass is 35.5. The van der Waals surface area contributed by atoms with Crippen molar-refractivity contribution in [2.24, 2.45) is 17.8 Å². The molecule has 2 aromatic carbocycles. The molecule has 0 radical (unpaired) electrons. The number of hydrogen-bond acceptors (Lipinski definition) is 2. The molecule has 5 aliphatic rings. The first kappa shape index (κ1) is 22.7. The fraction of sp³-hybridized carbons (Fsp3) is 0.536. The first-order valence-electron chi connectivity index (χ1n) is 12.7. The van der Waals surface area contributed by atoms with Gasteiger partial charge in [0.15, 0.2) is 0 Å². The summed E-state index contributed by atoms with van der Waals surface area (Å²) in [6.07, 6.45) is 8.26. The molecule has 1 N–H and O–H groups in total. The number of carbonyl (C=O) groups is 1. The number of amides is 2. The summed E-state index contributed by atoms with van der Waals surface area (Å²) in [6, 6.07) is 15.7. The molecule has 1 aliphatic heterocycles. The Morgan fingerprint density at radius 1 is 0.882 bits per heavy atom. The molecular weight excluding hydrogens is 467 g/mol. The van der Waals surface area contributed by atoms with Crippen molar-refractivity contribution in [3.8, 4) is 0 Å². The van der Waals surface area contributed by atoms with Gasteiger partial charge in [0.2, 0.25) is 0 Å². The van der Waals surface area contributed by atoms with Crippen molar-refractivity contribution < 1.29 is 9.53 Å². The predicted molar refractivity (Wildman–Crippen MR) is 135 cm³/mol. The maximum absolute atomic E-state index is 13.3. The highest BCUT2D eigenvalue weighted by Crippen LogP contribution is 2.55. The standard InChI is InChI=1S/C28H32Cl2N2O2/c29-23-5-1-21(2-6-23)26(22-3-7-24(30)8-4-22)34-25-9-10-32(17-25)27(33)31-28-14-18-11-19(15-28)13-20(12-18)16-28/h1-8,18-20,25-26H,9-17H2,(H,31,33). The van der Waals surface area contributed by atoms with Crippen molar-refractivity contribution in [3.63, 3.8) is 0 Å². The summed E-state index contributed by atoms with van der Waals surface area (Å²) in [5.74, 6) is 2.46. The van der Waals surface area contributed by atoms with Gasteiger partial charge in [0.25, 0.3) is 0 Å². The summed E-state index contributed by atoms with van der Waals surface area (Å²) < 4.78 is 6.63. The van der Waals surface area contributed by atoms with Gasteiger partial charge in [-0.15, -0.1) is 0 Å². The van der Waals surface area contributed by atoms with Crippen LogP contribution in [0.5, 0.6) is 0 Å². The number of halogens is 2. The van der Waals surface area contributed by atoms with Crippen molar-refractivity contribution in [1.82, 2.24) is 10.2 Å². The Kier molecular flexibility index (Phi) is 6.03. The smallest absolute Gasteiger partial charge is 0.317 e. The predicted octanol–water partition coefficient (Wildman–Crippen LogP) is 6.85. The number of nitrogens with zero attached hydrogens (tertiary/aromatic N) is 1. The highest BCUT2D eigenvalue weighted by molar-refractivity contribution is 6.30. The second-order valence-electron chi connectivity index (χ2n) is 11.1. The van der Waals surface area contributed by atoms with Gasteiger partial charge >= 0.3 is 6.03 Å². The quantitative estimate of drug-likeness (QED) is 0.489. The second-order valence-corrected chi connectivity index (χ2v) is 12.0. The number of hydrogen-bond donors (Lipinski definition) is 1. The van der Waals surface area contributed by atoms with Crippen molar-refractivity contribution in [1.29, 1.82) is 0 Å². The second kappa shape index (κ2) is 9.04. The van der Waals surface area contributed by atoms with E-state index in [4.69, 9.17) is 27.9 Å². The van der Waals surface area contributed by atoms with Crippen LogP contribution in [0.4, 0.5) is 4.79 Å². The Hall–Kier alpha value is -1.75. The first-order chi connectivity index (χ1) is 16.4. The molecule has 4 bridgehead atoms. The molecule has 34 heavy (non-hydrogen) atoms. The lowest BCUT2D eigenvalue weighted by Gasteiger charge is -2.57. The van der Waals surface area contributed by atoms with Gasteiger partial charge in [-0.05, 0) is 98.1 Å². The van der Waals surface area contributed by atoms with Crippen LogP contribution in [0.25, 0.3) is 0 Å². The van der Waals surface area contributed by atoms with Gasteiger partial charge in [0.05, 0.1) is 6.10 Å². The largest absolute Gasteiger partial charge is 0.364 e. The third kappa shape index (κ3) is 4.57. The summed E-state index contributed by atoms with van der Waals surface area (Å²) in [7, 11) is 0. The zero-order valence-electron chi connectivity index (χ0n) is 19.4. The lowest BCUT2D eigenvalue weighted by atomic mass is 9.53. The van der Waals surface area contributed by atoms with E-state index < -0.39 is 0 Å². The Morgan fingerprint density at radius 2 is 1.38 bits per heavy atom. The van der Waals surface area contributed by atoms with E-state index in [1.54, 1.807) is 0 Å². The fourth-order valence-corrected chi connectivity index (χ4v) is 7.66. The van der Waals surface area contributed by atoms with Crippen LogP contribution in [0.3, 0.4) is 0 Å². The molecule has 2 aromatic rings. The summed E-state index contributed by atoms with van der Waals surface area (Å²) in [4.78, 5) is 15.3. The normalized spacial score (nSPS) is 31.9. The molecule has 2 amide bonds. The van der Waals surface area contributed by atoms with E-state index in [9.17, 15) is 4.79 Å². The van der Waals surface area contributed by atoms with E-state index in [0.717, 1.165) is 41.8 Å². The first-order valence-corrected chi connectivity index (χ1v) is 13.4. The lowest BCUT2D eigenvalue weighted by Crippen LogP contribution is -2.61. The molecule has 1 heterocycles. The monoisotopic (exact) mass is 498 g/mol. The number of carbonyl (C=O) groups excluding carboxylic acids is 1. The van der Waals surface area contributed by atoms with Crippen LogP contribution >= 0.6 is 23.2 Å². The van der Waals surface area contributed by atoms with Crippen LogP contribution in [0.1, 0.15) is 62.2 Å². The van der Waals surface area contributed by atoms with E-state index in [0.29, 0.717) is 16.6 Å². The van der Waals surface area contributed by atoms with Crippen LogP contribution in [0, 0.1) is 17.8 Å². The van der Waals surface area contributed by atoms with Crippen molar-refractivity contribution in [2.45, 2.75) is 62.7 Å². The fourth-order valence-electron chi connectivity index (χ4n) is 7.41. The van der Waals surface area contributed by atoms with Gasteiger partial charge in [-0.2, -0.15) is 0 Å². The van der Waals surface area contributed by atoms with Gasteiger partial charge in [0.1, 0.15) is 6.10 Å². The van der Waals surface area contributed by atoms with Gasteiger partial charge in [0, 0.05) is 28.7 Å². The number of benzene rings is 2. The van der Waals surface area contributed by atoms with Gasteiger partial charge in [-0.1, -0.05) is 47.5 Å². The average molecular weight is 499 g/mol. The van der Waals surface area contributed by atoms with Crippen LogP contribution in [0.15, 0.2) is 48.5 Å². The Balaban J connectivity index is 1.13.